The zero-order valence-electron chi connectivity index (χ0n) is 12.1. The summed E-state index contributed by atoms with van der Waals surface area (Å²) in [4.78, 5) is 0. The standard InChI is InChI=1S/C17H19N3O/c1-2-16(17-5-3-12-21-17)19-15-8-6-14(7-9-15)13-20-11-4-10-18-20/h3-12,16,19H,2,13H2,1H3. The van der Waals surface area contributed by atoms with Crippen molar-refractivity contribution in [3.8, 4) is 0 Å². The summed E-state index contributed by atoms with van der Waals surface area (Å²) in [5.41, 5.74) is 2.33. The van der Waals surface area contributed by atoms with Gasteiger partial charge in [-0.3, -0.25) is 4.68 Å². The molecule has 0 radical (unpaired) electrons. The average molecular weight is 281 g/mol. The van der Waals surface area contributed by atoms with Gasteiger partial charge in [-0.25, -0.2) is 0 Å². The monoisotopic (exact) mass is 281 g/mol. The Balaban J connectivity index is 1.66. The Kier molecular flexibility index (Phi) is 4.05. The molecule has 0 saturated carbocycles. The summed E-state index contributed by atoms with van der Waals surface area (Å²) >= 11 is 0. The molecule has 4 nitrogen and oxygen atoms in total. The molecule has 2 aromatic heterocycles. The summed E-state index contributed by atoms with van der Waals surface area (Å²) in [6.07, 6.45) is 6.46. The van der Waals surface area contributed by atoms with Crippen LogP contribution in [0.1, 0.15) is 30.7 Å². The number of anilines is 1. The van der Waals surface area contributed by atoms with E-state index in [1.165, 1.54) is 5.56 Å². The van der Waals surface area contributed by atoms with E-state index in [1.807, 2.05) is 29.1 Å². The largest absolute Gasteiger partial charge is 0.467 e. The highest BCUT2D eigenvalue weighted by Crippen LogP contribution is 2.23. The average Bonchev–Trinajstić information content (AvgIpc) is 3.20. The van der Waals surface area contributed by atoms with Crippen molar-refractivity contribution in [2.75, 3.05) is 5.32 Å². The van der Waals surface area contributed by atoms with Gasteiger partial charge in [0.25, 0.3) is 0 Å². The van der Waals surface area contributed by atoms with E-state index in [0.29, 0.717) is 0 Å². The van der Waals surface area contributed by atoms with Gasteiger partial charge in [-0.2, -0.15) is 5.10 Å². The van der Waals surface area contributed by atoms with Crippen molar-refractivity contribution in [3.63, 3.8) is 0 Å². The lowest BCUT2D eigenvalue weighted by Gasteiger charge is -2.16. The fourth-order valence-electron chi connectivity index (χ4n) is 2.35. The predicted molar refractivity (Wildman–Crippen MR) is 83.1 cm³/mol. The summed E-state index contributed by atoms with van der Waals surface area (Å²) in [6, 6.07) is 14.5. The molecule has 1 atom stereocenters. The van der Waals surface area contributed by atoms with E-state index in [2.05, 4.69) is 41.6 Å². The molecule has 0 aliphatic rings. The highest BCUT2D eigenvalue weighted by molar-refractivity contribution is 5.46. The molecule has 2 heterocycles. The fourth-order valence-corrected chi connectivity index (χ4v) is 2.35. The van der Waals surface area contributed by atoms with Crippen LogP contribution in [0.25, 0.3) is 0 Å². The molecule has 4 heteroatoms. The Hall–Kier alpha value is -2.49. The van der Waals surface area contributed by atoms with E-state index >= 15 is 0 Å². The maximum absolute atomic E-state index is 5.48. The van der Waals surface area contributed by atoms with Crippen molar-refractivity contribution < 1.29 is 4.42 Å². The Bertz CT molecular complexity index is 642. The van der Waals surface area contributed by atoms with Gasteiger partial charge >= 0.3 is 0 Å². The Morgan fingerprint density at radius 1 is 1.19 bits per heavy atom. The van der Waals surface area contributed by atoms with Crippen LogP contribution in [0.5, 0.6) is 0 Å². The lowest BCUT2D eigenvalue weighted by Crippen LogP contribution is -2.08. The van der Waals surface area contributed by atoms with Gasteiger partial charge in [0.05, 0.1) is 18.8 Å². The van der Waals surface area contributed by atoms with Crippen molar-refractivity contribution >= 4 is 5.69 Å². The lowest BCUT2D eigenvalue weighted by atomic mass is 10.1. The number of benzene rings is 1. The quantitative estimate of drug-likeness (QED) is 0.740. The minimum Gasteiger partial charge on any atom is -0.467 e. The molecule has 3 rings (SSSR count). The molecule has 0 bridgehead atoms. The van der Waals surface area contributed by atoms with E-state index < -0.39 is 0 Å². The van der Waals surface area contributed by atoms with Gasteiger partial charge in [0.1, 0.15) is 5.76 Å². The maximum Gasteiger partial charge on any atom is 0.125 e. The van der Waals surface area contributed by atoms with Gasteiger partial charge in [0, 0.05) is 18.1 Å². The molecule has 0 aliphatic heterocycles. The molecule has 1 unspecified atom stereocenters. The highest BCUT2D eigenvalue weighted by atomic mass is 16.3. The predicted octanol–water partition coefficient (Wildman–Crippen LogP) is 4.09. The molecule has 108 valence electrons. The van der Waals surface area contributed by atoms with Crippen LogP contribution in [0.2, 0.25) is 0 Å². The number of hydrogen-bond donors (Lipinski definition) is 1. The Labute approximate surface area is 124 Å². The molecule has 1 N–H and O–H groups in total. The van der Waals surface area contributed by atoms with Crippen LogP contribution in [0.3, 0.4) is 0 Å². The first-order valence-electron chi connectivity index (χ1n) is 7.21. The first-order valence-corrected chi connectivity index (χ1v) is 7.21. The lowest BCUT2D eigenvalue weighted by molar-refractivity contribution is 0.474. The van der Waals surface area contributed by atoms with Gasteiger partial charge in [-0.05, 0) is 42.3 Å². The molecule has 3 aromatic rings. The second kappa shape index (κ2) is 6.31. The Morgan fingerprint density at radius 3 is 2.67 bits per heavy atom. The number of furan rings is 1. The maximum atomic E-state index is 5.48. The molecular weight excluding hydrogens is 262 g/mol. The van der Waals surface area contributed by atoms with Crippen LogP contribution >= 0.6 is 0 Å². The van der Waals surface area contributed by atoms with Crippen LogP contribution in [-0.4, -0.2) is 9.78 Å². The van der Waals surface area contributed by atoms with Crippen LogP contribution in [0.15, 0.2) is 65.5 Å². The minimum absolute atomic E-state index is 0.206. The van der Waals surface area contributed by atoms with Crippen molar-refractivity contribution in [1.29, 1.82) is 0 Å². The zero-order chi connectivity index (χ0) is 14.5. The summed E-state index contributed by atoms with van der Waals surface area (Å²) in [5.74, 6) is 0.970. The van der Waals surface area contributed by atoms with Crippen molar-refractivity contribution in [3.05, 3.63) is 72.4 Å². The van der Waals surface area contributed by atoms with E-state index in [1.54, 1.807) is 12.5 Å². The second-order valence-electron chi connectivity index (χ2n) is 5.02. The third-order valence-electron chi connectivity index (χ3n) is 3.49. The first kappa shape index (κ1) is 13.5. The number of nitrogens with zero attached hydrogens (tertiary/aromatic N) is 2. The SMILES string of the molecule is CCC(Nc1ccc(Cn2cccn2)cc1)c1ccco1. The van der Waals surface area contributed by atoms with Crippen molar-refractivity contribution in [2.45, 2.75) is 25.9 Å². The molecule has 21 heavy (non-hydrogen) atoms. The molecule has 0 amide bonds. The number of rotatable bonds is 6. The normalized spacial score (nSPS) is 12.2. The van der Waals surface area contributed by atoms with Crippen LogP contribution < -0.4 is 5.32 Å². The second-order valence-corrected chi connectivity index (χ2v) is 5.02. The van der Waals surface area contributed by atoms with Crippen molar-refractivity contribution in [1.82, 2.24) is 9.78 Å². The number of aromatic nitrogens is 2. The number of nitrogens with one attached hydrogen (secondary N) is 1. The molecule has 0 fully saturated rings. The third-order valence-corrected chi connectivity index (χ3v) is 3.49. The molecule has 0 spiro atoms. The summed E-state index contributed by atoms with van der Waals surface area (Å²) in [5, 5.41) is 7.72. The van der Waals surface area contributed by atoms with E-state index in [4.69, 9.17) is 4.42 Å². The minimum atomic E-state index is 0.206. The van der Waals surface area contributed by atoms with Gasteiger partial charge in [-0.1, -0.05) is 19.1 Å². The van der Waals surface area contributed by atoms with Gasteiger partial charge in [0.15, 0.2) is 0 Å². The van der Waals surface area contributed by atoms with Crippen LogP contribution in [0.4, 0.5) is 5.69 Å². The highest BCUT2D eigenvalue weighted by Gasteiger charge is 2.11. The first-order chi connectivity index (χ1) is 10.3. The smallest absolute Gasteiger partial charge is 0.125 e. The van der Waals surface area contributed by atoms with E-state index in [0.717, 1.165) is 24.4 Å². The van der Waals surface area contributed by atoms with Gasteiger partial charge in [-0.15, -0.1) is 0 Å². The van der Waals surface area contributed by atoms with Crippen molar-refractivity contribution in [2.24, 2.45) is 0 Å². The summed E-state index contributed by atoms with van der Waals surface area (Å²) in [6.45, 7) is 2.94. The topological polar surface area (TPSA) is 43.0 Å². The van der Waals surface area contributed by atoms with Gasteiger partial charge < -0.3 is 9.73 Å². The summed E-state index contributed by atoms with van der Waals surface area (Å²) < 4.78 is 7.40. The van der Waals surface area contributed by atoms with E-state index in [9.17, 15) is 0 Å². The molecular formula is C17H19N3O. The summed E-state index contributed by atoms with van der Waals surface area (Å²) in [7, 11) is 0. The molecule has 0 aliphatic carbocycles. The molecule has 1 aromatic carbocycles. The third kappa shape index (κ3) is 3.34. The van der Waals surface area contributed by atoms with Gasteiger partial charge in [0.2, 0.25) is 0 Å². The zero-order valence-corrected chi connectivity index (χ0v) is 12.1. The van der Waals surface area contributed by atoms with Crippen LogP contribution in [0, 0.1) is 0 Å². The number of hydrogen-bond acceptors (Lipinski definition) is 3. The molecule has 0 saturated heterocycles. The fraction of sp³-hybridized carbons (Fsp3) is 0.235. The Morgan fingerprint density at radius 2 is 2.05 bits per heavy atom. The van der Waals surface area contributed by atoms with Crippen LogP contribution in [-0.2, 0) is 6.54 Å². The van der Waals surface area contributed by atoms with E-state index in [-0.39, 0.29) is 6.04 Å².